The third-order valence-electron chi connectivity index (χ3n) is 3.58. The van der Waals surface area contributed by atoms with E-state index in [-0.39, 0.29) is 13.0 Å². The van der Waals surface area contributed by atoms with Gasteiger partial charge in [0.25, 0.3) is 0 Å². The summed E-state index contributed by atoms with van der Waals surface area (Å²) in [4.78, 5) is 15.4. The van der Waals surface area contributed by atoms with Crippen LogP contribution in [0.25, 0.3) is 0 Å². The SMILES string of the molecule is O=C(OCCC1(O)CCCC/C=C/C1O)n1ccnc1. The molecule has 1 aromatic rings. The Kier molecular flexibility index (Phi) is 4.92. The van der Waals surface area contributed by atoms with E-state index >= 15 is 0 Å². The van der Waals surface area contributed by atoms with E-state index in [1.165, 1.54) is 23.3 Å². The van der Waals surface area contributed by atoms with E-state index in [1.807, 2.05) is 6.08 Å². The number of nitrogens with zero attached hydrogens (tertiary/aromatic N) is 2. The van der Waals surface area contributed by atoms with Crippen LogP contribution in [0.2, 0.25) is 0 Å². The number of imidazole rings is 1. The molecule has 110 valence electrons. The van der Waals surface area contributed by atoms with Crippen molar-refractivity contribution in [1.82, 2.24) is 9.55 Å². The Balaban J connectivity index is 1.86. The Labute approximate surface area is 117 Å². The number of aliphatic hydroxyl groups is 2. The highest BCUT2D eigenvalue weighted by atomic mass is 16.5. The normalized spacial score (nSPS) is 28.4. The molecule has 6 heteroatoms. The van der Waals surface area contributed by atoms with Gasteiger partial charge in [-0.05, 0) is 19.3 Å². The van der Waals surface area contributed by atoms with E-state index in [2.05, 4.69) is 4.98 Å². The Morgan fingerprint density at radius 3 is 3.10 bits per heavy atom. The van der Waals surface area contributed by atoms with E-state index in [0.29, 0.717) is 6.42 Å². The van der Waals surface area contributed by atoms with Crippen LogP contribution in [0, 0.1) is 0 Å². The molecule has 0 saturated carbocycles. The summed E-state index contributed by atoms with van der Waals surface area (Å²) in [7, 11) is 0. The Bertz CT molecular complexity index is 458. The van der Waals surface area contributed by atoms with Gasteiger partial charge in [-0.15, -0.1) is 0 Å². The van der Waals surface area contributed by atoms with Crippen molar-refractivity contribution in [2.75, 3.05) is 6.61 Å². The number of hydrogen-bond acceptors (Lipinski definition) is 5. The van der Waals surface area contributed by atoms with E-state index in [1.54, 1.807) is 6.08 Å². The van der Waals surface area contributed by atoms with Crippen LogP contribution >= 0.6 is 0 Å². The molecule has 0 aromatic carbocycles. The highest BCUT2D eigenvalue weighted by Crippen LogP contribution is 2.26. The number of aromatic nitrogens is 2. The van der Waals surface area contributed by atoms with Crippen molar-refractivity contribution >= 4 is 6.09 Å². The predicted molar refractivity (Wildman–Crippen MR) is 72.2 cm³/mol. The fourth-order valence-corrected chi connectivity index (χ4v) is 2.28. The molecular weight excluding hydrogens is 260 g/mol. The first kappa shape index (κ1) is 14.7. The zero-order valence-electron chi connectivity index (χ0n) is 11.3. The summed E-state index contributed by atoms with van der Waals surface area (Å²) >= 11 is 0. The molecule has 1 aliphatic carbocycles. The highest BCUT2D eigenvalue weighted by molar-refractivity contribution is 5.69. The van der Waals surface area contributed by atoms with Gasteiger partial charge in [-0.1, -0.05) is 18.6 Å². The predicted octanol–water partition coefficient (Wildman–Crippen LogP) is 1.48. The lowest BCUT2D eigenvalue weighted by Crippen LogP contribution is -2.43. The molecule has 0 radical (unpaired) electrons. The van der Waals surface area contributed by atoms with E-state index in [0.717, 1.165) is 19.3 Å². The van der Waals surface area contributed by atoms with Crippen molar-refractivity contribution in [2.24, 2.45) is 0 Å². The number of rotatable bonds is 3. The van der Waals surface area contributed by atoms with Gasteiger partial charge in [-0.25, -0.2) is 14.3 Å². The molecule has 2 N–H and O–H groups in total. The molecule has 2 unspecified atom stereocenters. The minimum absolute atomic E-state index is 0.0540. The largest absolute Gasteiger partial charge is 0.449 e. The van der Waals surface area contributed by atoms with Crippen molar-refractivity contribution in [3.8, 4) is 0 Å². The van der Waals surface area contributed by atoms with Crippen molar-refractivity contribution in [3.63, 3.8) is 0 Å². The Morgan fingerprint density at radius 2 is 2.35 bits per heavy atom. The third kappa shape index (κ3) is 3.68. The first-order valence-electron chi connectivity index (χ1n) is 6.84. The first-order chi connectivity index (χ1) is 9.62. The number of hydrogen-bond donors (Lipinski definition) is 2. The molecule has 1 aromatic heterocycles. The lowest BCUT2D eigenvalue weighted by atomic mass is 9.85. The van der Waals surface area contributed by atoms with Crippen LogP contribution in [0.5, 0.6) is 0 Å². The Morgan fingerprint density at radius 1 is 1.50 bits per heavy atom. The van der Waals surface area contributed by atoms with E-state index in [9.17, 15) is 15.0 Å². The van der Waals surface area contributed by atoms with E-state index in [4.69, 9.17) is 4.74 Å². The van der Waals surface area contributed by atoms with Gasteiger partial charge in [0.15, 0.2) is 0 Å². The maximum Gasteiger partial charge on any atom is 0.419 e. The number of allylic oxidation sites excluding steroid dienone is 1. The molecule has 6 nitrogen and oxygen atoms in total. The standard InChI is InChI=1S/C14H20N2O4/c17-12-5-3-1-2-4-6-14(12,19)7-10-20-13(18)16-9-8-15-11-16/h3,5,8-9,11-12,17,19H,1-2,4,6-7,10H2/b5-3+. The lowest BCUT2D eigenvalue weighted by Gasteiger charge is -2.32. The molecule has 2 rings (SSSR count). The fourth-order valence-electron chi connectivity index (χ4n) is 2.28. The minimum Gasteiger partial charge on any atom is -0.449 e. The molecule has 0 bridgehead atoms. The summed E-state index contributed by atoms with van der Waals surface area (Å²) in [5.74, 6) is 0. The van der Waals surface area contributed by atoms with E-state index < -0.39 is 17.8 Å². The van der Waals surface area contributed by atoms with Gasteiger partial charge < -0.3 is 14.9 Å². The van der Waals surface area contributed by atoms with Crippen LogP contribution in [-0.4, -0.2) is 44.2 Å². The quantitative estimate of drug-likeness (QED) is 0.819. The van der Waals surface area contributed by atoms with Crippen molar-refractivity contribution in [2.45, 2.75) is 43.8 Å². The monoisotopic (exact) mass is 280 g/mol. The second-order valence-electron chi connectivity index (χ2n) is 5.06. The van der Waals surface area contributed by atoms with Crippen LogP contribution in [-0.2, 0) is 4.74 Å². The van der Waals surface area contributed by atoms with Crippen LogP contribution in [0.3, 0.4) is 0 Å². The lowest BCUT2D eigenvalue weighted by molar-refractivity contribution is -0.0747. The van der Waals surface area contributed by atoms with Crippen LogP contribution in [0.15, 0.2) is 30.9 Å². The number of carbonyl (C=O) groups excluding carboxylic acids is 1. The molecular formula is C14H20N2O4. The number of carbonyl (C=O) groups is 1. The van der Waals surface area contributed by atoms with Crippen molar-refractivity contribution < 1.29 is 19.7 Å². The van der Waals surface area contributed by atoms with Gasteiger partial charge in [0.1, 0.15) is 12.4 Å². The number of aliphatic hydroxyl groups excluding tert-OH is 1. The molecule has 2 atom stereocenters. The molecule has 0 saturated heterocycles. The molecule has 0 aliphatic heterocycles. The topological polar surface area (TPSA) is 84.6 Å². The summed E-state index contributed by atoms with van der Waals surface area (Å²) in [5.41, 5.74) is -1.23. The average molecular weight is 280 g/mol. The second kappa shape index (κ2) is 6.67. The minimum atomic E-state index is -1.23. The van der Waals surface area contributed by atoms with Crippen molar-refractivity contribution in [1.29, 1.82) is 0 Å². The fraction of sp³-hybridized carbons (Fsp3) is 0.571. The average Bonchev–Trinajstić information content (AvgIpc) is 2.94. The Hall–Kier alpha value is -1.66. The summed E-state index contributed by atoms with van der Waals surface area (Å²) in [6.07, 6.45) is 9.82. The van der Waals surface area contributed by atoms with Gasteiger partial charge >= 0.3 is 6.09 Å². The van der Waals surface area contributed by atoms with Gasteiger partial charge in [-0.2, -0.15) is 0 Å². The maximum absolute atomic E-state index is 11.6. The van der Waals surface area contributed by atoms with Gasteiger partial charge in [0.2, 0.25) is 0 Å². The van der Waals surface area contributed by atoms with Crippen LogP contribution in [0.1, 0.15) is 32.1 Å². The molecule has 1 aliphatic rings. The molecule has 1 heterocycles. The van der Waals surface area contributed by atoms with Crippen LogP contribution < -0.4 is 0 Å². The van der Waals surface area contributed by atoms with Crippen molar-refractivity contribution in [3.05, 3.63) is 30.9 Å². The highest BCUT2D eigenvalue weighted by Gasteiger charge is 2.34. The number of ether oxygens (including phenoxy) is 1. The summed E-state index contributed by atoms with van der Waals surface area (Å²) < 4.78 is 6.28. The summed E-state index contributed by atoms with van der Waals surface area (Å²) in [6.45, 7) is 0.0540. The van der Waals surface area contributed by atoms with Gasteiger partial charge in [0, 0.05) is 18.8 Å². The van der Waals surface area contributed by atoms with Crippen LogP contribution in [0.4, 0.5) is 4.79 Å². The third-order valence-corrected chi connectivity index (χ3v) is 3.58. The zero-order valence-corrected chi connectivity index (χ0v) is 11.3. The molecule has 0 amide bonds. The second-order valence-corrected chi connectivity index (χ2v) is 5.06. The first-order valence-corrected chi connectivity index (χ1v) is 6.84. The molecule has 20 heavy (non-hydrogen) atoms. The molecule has 0 spiro atoms. The smallest absolute Gasteiger partial charge is 0.419 e. The molecule has 0 fully saturated rings. The van der Waals surface area contributed by atoms with Gasteiger partial charge in [-0.3, -0.25) is 0 Å². The maximum atomic E-state index is 11.6. The zero-order chi connectivity index (χ0) is 14.4. The summed E-state index contributed by atoms with van der Waals surface area (Å²) in [6, 6.07) is 0. The van der Waals surface area contributed by atoms with Gasteiger partial charge in [0.05, 0.1) is 12.2 Å². The summed E-state index contributed by atoms with van der Waals surface area (Å²) in [5, 5.41) is 20.5.